The lowest BCUT2D eigenvalue weighted by Gasteiger charge is -2.28. The van der Waals surface area contributed by atoms with E-state index in [-0.39, 0.29) is 25.0 Å². The first-order chi connectivity index (χ1) is 15.0. The van der Waals surface area contributed by atoms with Gasteiger partial charge in [-0.05, 0) is 50.1 Å². The summed E-state index contributed by atoms with van der Waals surface area (Å²) >= 11 is 0. The zero-order chi connectivity index (χ0) is 22.5. The minimum Gasteiger partial charge on any atom is -0.497 e. The first-order valence-electron chi connectivity index (χ1n) is 10.5. The average Bonchev–Trinajstić information content (AvgIpc) is 2.81. The van der Waals surface area contributed by atoms with Crippen LogP contribution < -0.4 is 14.8 Å². The van der Waals surface area contributed by atoms with E-state index in [1.807, 2.05) is 49.4 Å². The second-order valence-electron chi connectivity index (χ2n) is 6.99. The molecule has 168 valence electrons. The summed E-state index contributed by atoms with van der Waals surface area (Å²) in [6.07, 6.45) is 0.718. The molecule has 0 bridgehead atoms. The van der Waals surface area contributed by atoms with Gasteiger partial charge in [0.05, 0.1) is 7.11 Å². The maximum Gasteiger partial charge on any atom is 0.261 e. The highest BCUT2D eigenvalue weighted by molar-refractivity contribution is 5.87. The van der Waals surface area contributed by atoms with E-state index in [0.717, 1.165) is 17.7 Å². The Hall–Kier alpha value is -3.06. The van der Waals surface area contributed by atoms with Crippen molar-refractivity contribution in [2.24, 2.45) is 0 Å². The molecule has 1 N–H and O–H groups in total. The van der Waals surface area contributed by atoms with Gasteiger partial charge in [0.1, 0.15) is 17.5 Å². The highest BCUT2D eigenvalue weighted by Gasteiger charge is 2.26. The normalized spacial score (nSPS) is 11.5. The Bertz CT molecular complexity index is 795. The summed E-state index contributed by atoms with van der Waals surface area (Å²) in [7, 11) is 1.60. The molecule has 0 saturated heterocycles. The maximum absolute atomic E-state index is 13.0. The topological polar surface area (TPSA) is 77.1 Å². The average molecular weight is 429 g/mol. The standard InChI is InChI=1S/C24H32N2O5/c1-4-30-16-8-15-25-24(28)19(2)26(17-20-11-13-21(29-3)14-12-20)23(27)18-31-22-9-6-5-7-10-22/h5-7,9-14,19H,4,8,15-18H2,1-3H3,(H,25,28)/t19-/m0/s1. The number of amides is 2. The van der Waals surface area contributed by atoms with Crippen molar-refractivity contribution in [1.82, 2.24) is 10.2 Å². The summed E-state index contributed by atoms with van der Waals surface area (Å²) in [6, 6.07) is 15.9. The second-order valence-corrected chi connectivity index (χ2v) is 6.99. The number of ether oxygens (including phenoxy) is 3. The van der Waals surface area contributed by atoms with Crippen LogP contribution in [0.4, 0.5) is 0 Å². The number of carbonyl (C=O) groups excluding carboxylic acids is 2. The molecule has 2 aromatic carbocycles. The highest BCUT2D eigenvalue weighted by atomic mass is 16.5. The van der Waals surface area contributed by atoms with E-state index >= 15 is 0 Å². The first kappa shape index (κ1) is 24.2. The molecule has 0 spiro atoms. The Morgan fingerprint density at radius 3 is 2.39 bits per heavy atom. The molecule has 0 aromatic heterocycles. The lowest BCUT2D eigenvalue weighted by Crippen LogP contribution is -2.49. The summed E-state index contributed by atoms with van der Waals surface area (Å²) in [5, 5.41) is 2.88. The van der Waals surface area contributed by atoms with E-state index in [1.54, 1.807) is 26.2 Å². The first-order valence-corrected chi connectivity index (χ1v) is 10.5. The number of hydrogen-bond acceptors (Lipinski definition) is 5. The van der Waals surface area contributed by atoms with Crippen molar-refractivity contribution in [3.05, 3.63) is 60.2 Å². The molecule has 0 heterocycles. The SMILES string of the molecule is CCOCCCNC(=O)[C@H](C)N(Cc1ccc(OC)cc1)C(=O)COc1ccccc1. The fraction of sp³-hybridized carbons (Fsp3) is 0.417. The quantitative estimate of drug-likeness (QED) is 0.496. The van der Waals surface area contributed by atoms with Crippen LogP contribution in [0.3, 0.4) is 0 Å². The number of carbonyl (C=O) groups is 2. The van der Waals surface area contributed by atoms with Gasteiger partial charge in [-0.15, -0.1) is 0 Å². The largest absolute Gasteiger partial charge is 0.497 e. The van der Waals surface area contributed by atoms with Crippen LogP contribution in [0.2, 0.25) is 0 Å². The van der Waals surface area contributed by atoms with Crippen molar-refractivity contribution in [1.29, 1.82) is 0 Å². The molecule has 0 aliphatic rings. The minimum absolute atomic E-state index is 0.151. The number of nitrogens with zero attached hydrogens (tertiary/aromatic N) is 1. The van der Waals surface area contributed by atoms with Crippen LogP contribution in [0.1, 0.15) is 25.8 Å². The monoisotopic (exact) mass is 428 g/mol. The van der Waals surface area contributed by atoms with Gasteiger partial charge < -0.3 is 24.4 Å². The molecule has 0 unspecified atom stereocenters. The lowest BCUT2D eigenvalue weighted by molar-refractivity contribution is -0.142. The second kappa shape index (κ2) is 13.3. The molecule has 7 nitrogen and oxygen atoms in total. The van der Waals surface area contributed by atoms with Crippen molar-refractivity contribution in [2.45, 2.75) is 32.9 Å². The molecule has 1 atom stereocenters. The third-order valence-corrected chi connectivity index (χ3v) is 4.75. The number of rotatable bonds is 13. The zero-order valence-corrected chi connectivity index (χ0v) is 18.5. The van der Waals surface area contributed by atoms with Gasteiger partial charge in [0.2, 0.25) is 5.91 Å². The van der Waals surface area contributed by atoms with Crippen molar-refractivity contribution < 1.29 is 23.8 Å². The Kier molecular flexibility index (Phi) is 10.4. The van der Waals surface area contributed by atoms with E-state index < -0.39 is 6.04 Å². The number of para-hydroxylation sites is 1. The van der Waals surface area contributed by atoms with Gasteiger partial charge in [-0.2, -0.15) is 0 Å². The predicted molar refractivity (Wildman–Crippen MR) is 119 cm³/mol. The third-order valence-electron chi connectivity index (χ3n) is 4.75. The smallest absolute Gasteiger partial charge is 0.261 e. The van der Waals surface area contributed by atoms with E-state index in [4.69, 9.17) is 14.2 Å². The molecular formula is C24H32N2O5. The zero-order valence-electron chi connectivity index (χ0n) is 18.5. The predicted octanol–water partition coefficient (Wildman–Crippen LogP) is 3.03. The van der Waals surface area contributed by atoms with Crippen LogP contribution in [-0.2, 0) is 20.9 Å². The molecule has 2 aromatic rings. The van der Waals surface area contributed by atoms with Gasteiger partial charge in [-0.1, -0.05) is 30.3 Å². The van der Waals surface area contributed by atoms with E-state index in [1.165, 1.54) is 4.90 Å². The van der Waals surface area contributed by atoms with E-state index in [2.05, 4.69) is 5.32 Å². The lowest BCUT2D eigenvalue weighted by atomic mass is 10.1. The summed E-state index contributed by atoms with van der Waals surface area (Å²) in [5.74, 6) is 0.858. The van der Waals surface area contributed by atoms with Gasteiger partial charge in [0, 0.05) is 26.3 Å². The Balaban J connectivity index is 2.03. The summed E-state index contributed by atoms with van der Waals surface area (Å²) < 4.78 is 16.1. The van der Waals surface area contributed by atoms with Gasteiger partial charge in [0.15, 0.2) is 6.61 Å². The molecule has 0 aliphatic carbocycles. The fourth-order valence-corrected chi connectivity index (χ4v) is 2.93. The Morgan fingerprint density at radius 1 is 1.03 bits per heavy atom. The number of methoxy groups -OCH3 is 1. The van der Waals surface area contributed by atoms with E-state index in [9.17, 15) is 9.59 Å². The molecule has 7 heteroatoms. The van der Waals surface area contributed by atoms with Crippen molar-refractivity contribution in [3.63, 3.8) is 0 Å². The molecule has 2 rings (SSSR count). The molecule has 0 aliphatic heterocycles. The van der Waals surface area contributed by atoms with Crippen LogP contribution in [0, 0.1) is 0 Å². The van der Waals surface area contributed by atoms with Gasteiger partial charge in [0.25, 0.3) is 5.91 Å². The van der Waals surface area contributed by atoms with Crippen LogP contribution in [0.15, 0.2) is 54.6 Å². The highest BCUT2D eigenvalue weighted by Crippen LogP contribution is 2.16. The Labute approximate surface area is 184 Å². The third kappa shape index (κ3) is 8.30. The van der Waals surface area contributed by atoms with Gasteiger partial charge in [-0.3, -0.25) is 9.59 Å². The minimum atomic E-state index is -0.652. The van der Waals surface area contributed by atoms with Crippen molar-refractivity contribution in [2.75, 3.05) is 33.5 Å². The summed E-state index contributed by atoms with van der Waals surface area (Å²) in [4.78, 5) is 27.2. The molecule has 31 heavy (non-hydrogen) atoms. The van der Waals surface area contributed by atoms with Crippen LogP contribution in [-0.4, -0.2) is 56.2 Å². The summed E-state index contributed by atoms with van der Waals surface area (Å²) in [5.41, 5.74) is 0.893. The Morgan fingerprint density at radius 2 is 1.74 bits per heavy atom. The molecular weight excluding hydrogens is 396 g/mol. The number of hydrogen-bond donors (Lipinski definition) is 1. The number of benzene rings is 2. The fourth-order valence-electron chi connectivity index (χ4n) is 2.93. The van der Waals surface area contributed by atoms with E-state index in [0.29, 0.717) is 25.5 Å². The van der Waals surface area contributed by atoms with Crippen LogP contribution in [0.5, 0.6) is 11.5 Å². The molecule has 2 amide bonds. The van der Waals surface area contributed by atoms with Gasteiger partial charge in [-0.25, -0.2) is 0 Å². The maximum atomic E-state index is 13.0. The van der Waals surface area contributed by atoms with Crippen LogP contribution >= 0.6 is 0 Å². The van der Waals surface area contributed by atoms with Crippen molar-refractivity contribution in [3.8, 4) is 11.5 Å². The summed E-state index contributed by atoms with van der Waals surface area (Å²) in [6.45, 7) is 5.52. The van der Waals surface area contributed by atoms with Crippen molar-refractivity contribution >= 4 is 11.8 Å². The molecule has 0 fully saturated rings. The number of nitrogens with one attached hydrogen (secondary N) is 1. The molecule has 0 radical (unpaired) electrons. The van der Waals surface area contributed by atoms with Gasteiger partial charge >= 0.3 is 0 Å². The molecule has 0 saturated carbocycles. The van der Waals surface area contributed by atoms with Crippen LogP contribution in [0.25, 0.3) is 0 Å².